The first kappa shape index (κ1) is 16.0. The number of amides is 1. The molecule has 6 heteroatoms. The Bertz CT molecular complexity index is 682. The lowest BCUT2D eigenvalue weighted by atomic mass is 10.1. The molecule has 1 aliphatic heterocycles. The van der Waals surface area contributed by atoms with Crippen LogP contribution in [-0.4, -0.2) is 57.7 Å². The number of carbonyl (C=O) groups excluding carboxylic acids is 1. The number of nitrogens with zero attached hydrogens (tertiary/aromatic N) is 3. The highest BCUT2D eigenvalue weighted by Crippen LogP contribution is 2.14. The number of hydrogen-bond donors (Lipinski definition) is 2. The smallest absolute Gasteiger partial charge is 0.234 e. The van der Waals surface area contributed by atoms with Gasteiger partial charge in [0.25, 0.3) is 0 Å². The second-order valence-corrected chi connectivity index (χ2v) is 6.21. The van der Waals surface area contributed by atoms with Gasteiger partial charge in [0.15, 0.2) is 0 Å². The average Bonchev–Trinajstić information content (AvgIpc) is 2.84. The minimum atomic E-state index is -0.295. The van der Waals surface area contributed by atoms with E-state index in [1.807, 2.05) is 36.2 Å². The lowest BCUT2D eigenvalue weighted by Crippen LogP contribution is -2.44. The average molecular weight is 316 g/mol. The van der Waals surface area contributed by atoms with E-state index < -0.39 is 0 Å². The van der Waals surface area contributed by atoms with E-state index in [9.17, 15) is 9.90 Å². The fourth-order valence-electron chi connectivity index (χ4n) is 3.17. The standard InChI is InChI=1S/C17H24N4O2/c1-20-15-7-3-2-6-14(15)19-16(20)8-9-18-17(23)12-21-10-4-5-13(22)11-21/h2-3,6-7,13,22H,4-5,8-12H2,1H3,(H,18,23). The van der Waals surface area contributed by atoms with Gasteiger partial charge in [0.2, 0.25) is 5.91 Å². The predicted molar refractivity (Wildman–Crippen MR) is 89.1 cm³/mol. The van der Waals surface area contributed by atoms with Crippen molar-refractivity contribution in [1.82, 2.24) is 19.8 Å². The molecule has 124 valence electrons. The maximum atomic E-state index is 12.0. The second-order valence-electron chi connectivity index (χ2n) is 6.21. The number of likely N-dealkylation sites (tertiary alicyclic amines) is 1. The number of para-hydroxylation sites is 2. The highest BCUT2D eigenvalue weighted by atomic mass is 16.3. The Morgan fingerprint density at radius 2 is 2.26 bits per heavy atom. The molecule has 3 rings (SSSR count). The molecule has 0 saturated carbocycles. The molecular formula is C17H24N4O2. The summed E-state index contributed by atoms with van der Waals surface area (Å²) in [6.07, 6.45) is 2.20. The molecule has 1 unspecified atom stereocenters. The number of carbonyl (C=O) groups is 1. The van der Waals surface area contributed by atoms with Crippen molar-refractivity contribution in [3.8, 4) is 0 Å². The molecule has 0 spiro atoms. The van der Waals surface area contributed by atoms with E-state index in [0.717, 1.165) is 36.2 Å². The van der Waals surface area contributed by atoms with Crippen molar-refractivity contribution < 1.29 is 9.90 Å². The SMILES string of the molecule is Cn1c(CCNC(=O)CN2CCCC(O)C2)nc2ccccc21. The fourth-order valence-corrected chi connectivity index (χ4v) is 3.17. The van der Waals surface area contributed by atoms with Crippen molar-refractivity contribution >= 4 is 16.9 Å². The summed E-state index contributed by atoms with van der Waals surface area (Å²) in [5.74, 6) is 0.984. The van der Waals surface area contributed by atoms with E-state index in [1.165, 1.54) is 0 Å². The van der Waals surface area contributed by atoms with Crippen LogP contribution in [0.1, 0.15) is 18.7 Å². The molecule has 1 amide bonds. The third-order valence-corrected chi connectivity index (χ3v) is 4.40. The van der Waals surface area contributed by atoms with Gasteiger partial charge < -0.3 is 15.0 Å². The number of imidazole rings is 1. The summed E-state index contributed by atoms with van der Waals surface area (Å²) in [6, 6.07) is 8.03. The van der Waals surface area contributed by atoms with Crippen LogP contribution >= 0.6 is 0 Å². The molecule has 23 heavy (non-hydrogen) atoms. The molecular weight excluding hydrogens is 292 g/mol. The third-order valence-electron chi connectivity index (χ3n) is 4.40. The molecule has 0 bridgehead atoms. The van der Waals surface area contributed by atoms with Crippen molar-refractivity contribution in [3.05, 3.63) is 30.1 Å². The van der Waals surface area contributed by atoms with Crippen LogP contribution in [0.5, 0.6) is 0 Å². The third kappa shape index (κ3) is 3.89. The fraction of sp³-hybridized carbons (Fsp3) is 0.529. The van der Waals surface area contributed by atoms with Crippen molar-refractivity contribution in [3.63, 3.8) is 0 Å². The summed E-state index contributed by atoms with van der Waals surface area (Å²) >= 11 is 0. The molecule has 1 fully saturated rings. The van der Waals surface area contributed by atoms with Gasteiger partial charge in [-0.1, -0.05) is 12.1 Å². The zero-order valence-electron chi connectivity index (χ0n) is 13.5. The molecule has 2 N–H and O–H groups in total. The minimum Gasteiger partial charge on any atom is -0.392 e. The normalized spacial score (nSPS) is 19.1. The predicted octanol–water partition coefficient (Wildman–Crippen LogP) is 0.689. The number of aromatic nitrogens is 2. The molecule has 1 aliphatic rings. The van der Waals surface area contributed by atoms with Crippen molar-refractivity contribution in [2.24, 2.45) is 7.05 Å². The van der Waals surface area contributed by atoms with Crippen LogP contribution in [0.2, 0.25) is 0 Å². The highest BCUT2D eigenvalue weighted by Gasteiger charge is 2.19. The van der Waals surface area contributed by atoms with Crippen LogP contribution < -0.4 is 5.32 Å². The summed E-state index contributed by atoms with van der Waals surface area (Å²) < 4.78 is 2.07. The largest absolute Gasteiger partial charge is 0.392 e. The number of rotatable bonds is 5. The van der Waals surface area contributed by atoms with E-state index in [1.54, 1.807) is 0 Å². The Hall–Kier alpha value is -1.92. The molecule has 2 aromatic rings. The zero-order valence-corrected chi connectivity index (χ0v) is 13.5. The molecule has 1 aromatic heterocycles. The first-order valence-electron chi connectivity index (χ1n) is 8.21. The van der Waals surface area contributed by atoms with E-state index in [2.05, 4.69) is 14.9 Å². The molecule has 1 saturated heterocycles. The number of hydrogen-bond acceptors (Lipinski definition) is 4. The van der Waals surface area contributed by atoms with E-state index in [0.29, 0.717) is 26.1 Å². The number of β-amino-alcohol motifs (C(OH)–C–C–N with tert-alkyl or cyclic N) is 1. The second kappa shape index (κ2) is 7.10. The van der Waals surface area contributed by atoms with Gasteiger partial charge in [-0.3, -0.25) is 9.69 Å². The van der Waals surface area contributed by atoms with Gasteiger partial charge in [0.1, 0.15) is 5.82 Å². The number of piperidine rings is 1. The van der Waals surface area contributed by atoms with Gasteiger partial charge in [-0.25, -0.2) is 4.98 Å². The van der Waals surface area contributed by atoms with Gasteiger partial charge in [-0.05, 0) is 31.5 Å². The van der Waals surface area contributed by atoms with Gasteiger partial charge in [-0.15, -0.1) is 0 Å². The van der Waals surface area contributed by atoms with Crippen molar-refractivity contribution in [1.29, 1.82) is 0 Å². The molecule has 0 aliphatic carbocycles. The molecule has 1 atom stereocenters. The number of fused-ring (bicyclic) bond motifs is 1. The Morgan fingerprint density at radius 1 is 1.43 bits per heavy atom. The zero-order chi connectivity index (χ0) is 16.2. The number of nitrogens with one attached hydrogen (secondary N) is 1. The maximum Gasteiger partial charge on any atom is 0.234 e. The first-order valence-corrected chi connectivity index (χ1v) is 8.21. The Labute approximate surface area is 136 Å². The lowest BCUT2D eigenvalue weighted by molar-refractivity contribution is -0.122. The minimum absolute atomic E-state index is 0.0119. The monoisotopic (exact) mass is 316 g/mol. The van der Waals surface area contributed by atoms with Gasteiger partial charge >= 0.3 is 0 Å². The quantitative estimate of drug-likeness (QED) is 0.851. The maximum absolute atomic E-state index is 12.0. The Morgan fingerprint density at radius 3 is 3.04 bits per heavy atom. The molecule has 0 radical (unpaired) electrons. The van der Waals surface area contributed by atoms with Crippen LogP contribution in [0.15, 0.2) is 24.3 Å². The number of aliphatic hydroxyl groups excluding tert-OH is 1. The van der Waals surface area contributed by atoms with E-state index in [4.69, 9.17) is 0 Å². The summed E-state index contributed by atoms with van der Waals surface area (Å²) in [6.45, 7) is 2.42. The summed E-state index contributed by atoms with van der Waals surface area (Å²) in [4.78, 5) is 18.6. The van der Waals surface area contributed by atoms with Gasteiger partial charge in [0, 0.05) is 26.6 Å². The molecule has 1 aromatic carbocycles. The highest BCUT2D eigenvalue weighted by molar-refractivity contribution is 5.78. The molecule has 2 heterocycles. The Kier molecular flexibility index (Phi) is 4.93. The Balaban J connectivity index is 1.48. The topological polar surface area (TPSA) is 70.4 Å². The van der Waals surface area contributed by atoms with Crippen LogP contribution in [0.4, 0.5) is 0 Å². The summed E-state index contributed by atoms with van der Waals surface area (Å²) in [5, 5.41) is 12.6. The van der Waals surface area contributed by atoms with E-state index >= 15 is 0 Å². The summed E-state index contributed by atoms with van der Waals surface area (Å²) in [7, 11) is 2.00. The van der Waals surface area contributed by atoms with Gasteiger partial charge in [0.05, 0.1) is 23.7 Å². The van der Waals surface area contributed by atoms with Crippen LogP contribution in [0.25, 0.3) is 11.0 Å². The first-order chi connectivity index (χ1) is 11.1. The lowest BCUT2D eigenvalue weighted by Gasteiger charge is -2.29. The number of aliphatic hydroxyl groups is 1. The van der Waals surface area contributed by atoms with E-state index in [-0.39, 0.29) is 12.0 Å². The summed E-state index contributed by atoms with van der Waals surface area (Å²) in [5.41, 5.74) is 2.09. The van der Waals surface area contributed by atoms with Crippen molar-refractivity contribution in [2.75, 3.05) is 26.2 Å². The van der Waals surface area contributed by atoms with Crippen molar-refractivity contribution in [2.45, 2.75) is 25.4 Å². The van der Waals surface area contributed by atoms with Crippen LogP contribution in [0.3, 0.4) is 0 Å². The van der Waals surface area contributed by atoms with Gasteiger partial charge in [-0.2, -0.15) is 0 Å². The number of aryl methyl sites for hydroxylation is 1. The van der Waals surface area contributed by atoms with Crippen LogP contribution in [-0.2, 0) is 18.3 Å². The molecule has 6 nitrogen and oxygen atoms in total. The van der Waals surface area contributed by atoms with Crippen LogP contribution in [0, 0.1) is 0 Å². The number of benzene rings is 1.